The number of benzene rings is 1. The molecule has 1 aliphatic heterocycles. The minimum Gasteiger partial charge on any atom is -0.450 e. The molecule has 29 heavy (non-hydrogen) atoms. The fourth-order valence-electron chi connectivity index (χ4n) is 3.27. The molecule has 10 heteroatoms. The molecule has 152 valence electrons. The van der Waals surface area contributed by atoms with E-state index in [0.29, 0.717) is 18.7 Å². The summed E-state index contributed by atoms with van der Waals surface area (Å²) in [6.45, 7) is 2.58. The van der Waals surface area contributed by atoms with Gasteiger partial charge in [-0.1, -0.05) is 0 Å². The summed E-state index contributed by atoms with van der Waals surface area (Å²) in [5.74, 6) is -1.39. The van der Waals surface area contributed by atoms with Gasteiger partial charge in [0.1, 0.15) is 11.4 Å². The molecule has 2 amide bonds. The fourth-order valence-corrected chi connectivity index (χ4v) is 3.27. The summed E-state index contributed by atoms with van der Waals surface area (Å²) in [5.41, 5.74) is 6.16. The Bertz CT molecular complexity index is 936. The molecule has 0 unspecified atom stereocenters. The third-order valence-corrected chi connectivity index (χ3v) is 4.71. The number of hydrogen-bond donors (Lipinski definition) is 2. The Kier molecular flexibility index (Phi) is 5.97. The highest BCUT2D eigenvalue weighted by molar-refractivity contribution is 5.98. The van der Waals surface area contributed by atoms with Crippen LogP contribution in [0.2, 0.25) is 0 Å². The Balaban J connectivity index is 1.83. The molecular weight excluding hydrogens is 379 g/mol. The number of aromatic nitrogens is 2. The van der Waals surface area contributed by atoms with Gasteiger partial charge in [-0.15, -0.1) is 0 Å². The van der Waals surface area contributed by atoms with Crippen LogP contribution in [0.15, 0.2) is 30.5 Å². The normalized spacial score (nSPS) is 18.7. The minimum atomic E-state index is -0.682. The van der Waals surface area contributed by atoms with Crippen LogP contribution in [0, 0.1) is 23.1 Å². The molecule has 1 aliphatic rings. The molecule has 1 aromatic heterocycles. The number of carbonyl (C=O) groups excluding carboxylic acids is 2. The van der Waals surface area contributed by atoms with Crippen LogP contribution < -0.4 is 11.1 Å². The summed E-state index contributed by atoms with van der Waals surface area (Å²) < 4.78 is 19.6. The first kappa shape index (κ1) is 20.1. The van der Waals surface area contributed by atoms with E-state index in [9.17, 15) is 19.2 Å². The Morgan fingerprint density at radius 3 is 2.76 bits per heavy atom. The van der Waals surface area contributed by atoms with Crippen molar-refractivity contribution in [2.24, 2.45) is 11.7 Å². The number of likely N-dealkylation sites (tertiary alicyclic amines) is 1. The number of nitriles is 1. The molecule has 0 radical (unpaired) electrons. The Labute approximate surface area is 166 Å². The van der Waals surface area contributed by atoms with Gasteiger partial charge < -0.3 is 20.7 Å². The predicted molar refractivity (Wildman–Crippen MR) is 102 cm³/mol. The molecule has 2 atom stereocenters. The molecule has 1 saturated heterocycles. The number of amides is 2. The number of rotatable bonds is 5. The Morgan fingerprint density at radius 2 is 2.14 bits per heavy atom. The Hall–Kier alpha value is -3.61. The minimum absolute atomic E-state index is 0.152. The number of anilines is 2. The van der Waals surface area contributed by atoms with Gasteiger partial charge in [0.05, 0.1) is 24.6 Å². The van der Waals surface area contributed by atoms with Gasteiger partial charge in [-0.05, 0) is 37.6 Å². The average Bonchev–Trinajstić information content (AvgIpc) is 3.13. The van der Waals surface area contributed by atoms with E-state index in [1.165, 1.54) is 40.0 Å². The highest BCUT2D eigenvalue weighted by atomic mass is 19.1. The molecule has 9 nitrogen and oxygen atoms in total. The van der Waals surface area contributed by atoms with Crippen molar-refractivity contribution in [1.29, 1.82) is 5.26 Å². The standard InChI is InChI=1S/C19H21FN6O3/c1-2-29-19(28)25-8-7-16(12(9-21)10-25)26-11-15(17(22)27)18(24-26)23-14-5-3-13(20)4-6-14/h3-6,11-12,16H,2,7-8,10H2,1H3,(H2,22,27)(H,23,24)/t12-,16-/m0/s1. The maximum absolute atomic E-state index is 13.1. The monoisotopic (exact) mass is 400 g/mol. The van der Waals surface area contributed by atoms with E-state index in [4.69, 9.17) is 10.5 Å². The second-order valence-electron chi connectivity index (χ2n) is 6.60. The van der Waals surface area contributed by atoms with Crippen LogP contribution in [-0.2, 0) is 4.74 Å². The lowest BCUT2D eigenvalue weighted by molar-refractivity contribution is 0.0815. The number of carbonyl (C=O) groups is 2. The zero-order chi connectivity index (χ0) is 21.0. The van der Waals surface area contributed by atoms with Crippen molar-refractivity contribution in [3.63, 3.8) is 0 Å². The zero-order valence-corrected chi connectivity index (χ0v) is 15.8. The van der Waals surface area contributed by atoms with Gasteiger partial charge in [0, 0.05) is 25.0 Å². The SMILES string of the molecule is CCOC(=O)N1CC[C@H](n2cc(C(N)=O)c(Nc3ccc(F)cc3)n2)[C@@H](C#N)C1. The van der Waals surface area contributed by atoms with Crippen molar-refractivity contribution in [2.45, 2.75) is 19.4 Å². The zero-order valence-electron chi connectivity index (χ0n) is 15.8. The highest BCUT2D eigenvalue weighted by Gasteiger charge is 2.34. The number of primary amides is 1. The summed E-state index contributed by atoms with van der Waals surface area (Å²) in [5, 5.41) is 16.9. The van der Waals surface area contributed by atoms with Gasteiger partial charge in [0.2, 0.25) is 0 Å². The number of nitrogens with two attached hydrogens (primary N) is 1. The molecule has 1 aromatic carbocycles. The second-order valence-corrected chi connectivity index (χ2v) is 6.60. The third-order valence-electron chi connectivity index (χ3n) is 4.71. The Morgan fingerprint density at radius 1 is 1.41 bits per heavy atom. The summed E-state index contributed by atoms with van der Waals surface area (Å²) in [4.78, 5) is 25.3. The van der Waals surface area contributed by atoms with Crippen LogP contribution in [0.3, 0.4) is 0 Å². The first-order valence-corrected chi connectivity index (χ1v) is 9.15. The molecule has 2 heterocycles. The van der Waals surface area contributed by atoms with Crippen LogP contribution >= 0.6 is 0 Å². The van der Waals surface area contributed by atoms with Crippen LogP contribution in [-0.4, -0.2) is 46.4 Å². The predicted octanol–water partition coefficient (Wildman–Crippen LogP) is 2.41. The summed E-state index contributed by atoms with van der Waals surface area (Å²) in [6.07, 6.45) is 1.50. The van der Waals surface area contributed by atoms with Gasteiger partial charge >= 0.3 is 6.09 Å². The smallest absolute Gasteiger partial charge is 0.409 e. The summed E-state index contributed by atoms with van der Waals surface area (Å²) >= 11 is 0. The van der Waals surface area contributed by atoms with Gasteiger partial charge in [0.15, 0.2) is 5.82 Å². The van der Waals surface area contributed by atoms with E-state index in [0.717, 1.165) is 0 Å². The molecule has 2 aromatic rings. The maximum atomic E-state index is 13.1. The molecule has 3 N–H and O–H groups in total. The maximum Gasteiger partial charge on any atom is 0.409 e. The van der Waals surface area contributed by atoms with Crippen molar-refractivity contribution in [3.8, 4) is 6.07 Å². The lowest BCUT2D eigenvalue weighted by Crippen LogP contribution is -2.44. The number of nitrogens with one attached hydrogen (secondary N) is 1. The molecule has 0 saturated carbocycles. The van der Waals surface area contributed by atoms with Gasteiger partial charge in [-0.3, -0.25) is 9.48 Å². The first-order chi connectivity index (χ1) is 13.9. The van der Waals surface area contributed by atoms with Crippen molar-refractivity contribution in [1.82, 2.24) is 14.7 Å². The van der Waals surface area contributed by atoms with Crippen LogP contribution in [0.1, 0.15) is 29.7 Å². The van der Waals surface area contributed by atoms with Gasteiger partial charge in [0.25, 0.3) is 5.91 Å². The number of piperidine rings is 1. The topological polar surface area (TPSA) is 126 Å². The molecule has 1 fully saturated rings. The van der Waals surface area contributed by atoms with E-state index >= 15 is 0 Å². The van der Waals surface area contributed by atoms with Crippen molar-refractivity contribution in [3.05, 3.63) is 41.8 Å². The van der Waals surface area contributed by atoms with E-state index < -0.39 is 17.9 Å². The lowest BCUT2D eigenvalue weighted by atomic mass is 9.94. The molecule has 0 spiro atoms. The largest absolute Gasteiger partial charge is 0.450 e. The average molecular weight is 400 g/mol. The van der Waals surface area contributed by atoms with Crippen molar-refractivity contribution in [2.75, 3.05) is 25.0 Å². The first-order valence-electron chi connectivity index (χ1n) is 9.15. The van der Waals surface area contributed by atoms with Crippen molar-refractivity contribution >= 4 is 23.5 Å². The van der Waals surface area contributed by atoms with Crippen molar-refractivity contribution < 1.29 is 18.7 Å². The number of hydrogen-bond acceptors (Lipinski definition) is 6. The quantitative estimate of drug-likeness (QED) is 0.794. The van der Waals surface area contributed by atoms with E-state index in [-0.39, 0.29) is 36.4 Å². The molecular formula is C19H21FN6O3. The van der Waals surface area contributed by atoms with Gasteiger partial charge in [-0.25, -0.2) is 9.18 Å². The van der Waals surface area contributed by atoms with Crippen LogP contribution in [0.5, 0.6) is 0 Å². The number of nitrogens with zero attached hydrogens (tertiary/aromatic N) is 4. The van der Waals surface area contributed by atoms with Crippen LogP contribution in [0.25, 0.3) is 0 Å². The second kappa shape index (κ2) is 8.60. The number of ether oxygens (including phenoxy) is 1. The van der Waals surface area contributed by atoms with E-state index in [1.807, 2.05) is 0 Å². The molecule has 0 bridgehead atoms. The number of halogens is 1. The highest BCUT2D eigenvalue weighted by Crippen LogP contribution is 2.30. The van der Waals surface area contributed by atoms with Crippen LogP contribution in [0.4, 0.5) is 20.7 Å². The summed E-state index contributed by atoms with van der Waals surface area (Å²) in [7, 11) is 0. The third kappa shape index (κ3) is 4.45. The van der Waals surface area contributed by atoms with E-state index in [2.05, 4.69) is 16.5 Å². The summed E-state index contributed by atoms with van der Waals surface area (Å²) in [6, 6.07) is 7.44. The lowest BCUT2D eigenvalue weighted by Gasteiger charge is -2.34. The molecule has 0 aliphatic carbocycles. The fraction of sp³-hybridized carbons (Fsp3) is 0.368. The van der Waals surface area contributed by atoms with E-state index in [1.54, 1.807) is 6.92 Å². The van der Waals surface area contributed by atoms with Gasteiger partial charge in [-0.2, -0.15) is 10.4 Å². The molecule has 3 rings (SSSR count).